The van der Waals surface area contributed by atoms with E-state index in [0.29, 0.717) is 6.42 Å². The van der Waals surface area contributed by atoms with Gasteiger partial charge in [-0.05, 0) is 12.8 Å². The van der Waals surface area contributed by atoms with E-state index in [0.717, 1.165) is 0 Å². The van der Waals surface area contributed by atoms with Crippen LogP contribution in [0.1, 0.15) is 26.2 Å². The third-order valence-corrected chi connectivity index (χ3v) is 1.67. The van der Waals surface area contributed by atoms with Crippen molar-refractivity contribution in [2.75, 3.05) is 6.61 Å². The molecule has 16 heavy (non-hydrogen) atoms. The zero-order valence-electron chi connectivity index (χ0n) is 8.93. The largest absolute Gasteiger partial charge is 0.481 e. The van der Waals surface area contributed by atoms with Crippen LogP contribution in [-0.4, -0.2) is 40.9 Å². The van der Waals surface area contributed by atoms with Crippen molar-refractivity contribution in [3.8, 4) is 0 Å². The lowest BCUT2D eigenvalue weighted by Crippen LogP contribution is -2.41. The molecule has 0 aromatic rings. The van der Waals surface area contributed by atoms with Crippen LogP contribution in [0, 0.1) is 0 Å². The third kappa shape index (κ3) is 6.63. The lowest BCUT2D eigenvalue weighted by atomic mass is 10.1. The molecule has 0 aromatic heterocycles. The number of carbonyl (C=O) groups is 3. The highest BCUT2D eigenvalue weighted by Gasteiger charge is 2.21. The first-order chi connectivity index (χ1) is 7.47. The van der Waals surface area contributed by atoms with Gasteiger partial charge in [-0.1, -0.05) is 6.92 Å². The first kappa shape index (κ1) is 14.2. The summed E-state index contributed by atoms with van der Waals surface area (Å²) in [6, 6.07) is -1.24. The Bertz CT molecular complexity index is 265. The van der Waals surface area contributed by atoms with Crippen molar-refractivity contribution in [3.05, 3.63) is 0 Å². The maximum atomic E-state index is 11.0. The van der Waals surface area contributed by atoms with Gasteiger partial charge >= 0.3 is 18.0 Å². The molecule has 0 bridgehead atoms. The molecule has 7 nitrogen and oxygen atoms in total. The predicted molar refractivity (Wildman–Crippen MR) is 53.1 cm³/mol. The molecule has 0 radical (unpaired) electrons. The van der Waals surface area contributed by atoms with Crippen LogP contribution >= 0.6 is 0 Å². The molecule has 0 aliphatic rings. The number of hydrogen-bond donors (Lipinski definition) is 3. The topological polar surface area (TPSA) is 113 Å². The van der Waals surface area contributed by atoms with Gasteiger partial charge in [0.05, 0.1) is 6.61 Å². The highest BCUT2D eigenvalue weighted by Crippen LogP contribution is 1.98. The van der Waals surface area contributed by atoms with Gasteiger partial charge in [-0.3, -0.25) is 4.79 Å². The Hall–Kier alpha value is -1.79. The Morgan fingerprint density at radius 1 is 1.31 bits per heavy atom. The number of hydrogen-bond acceptors (Lipinski definition) is 4. The van der Waals surface area contributed by atoms with E-state index in [1.807, 2.05) is 0 Å². The maximum Gasteiger partial charge on any atom is 0.407 e. The molecular formula is C9H15NO6. The molecule has 3 N–H and O–H groups in total. The summed E-state index contributed by atoms with van der Waals surface area (Å²) in [5.41, 5.74) is 0. The summed E-state index contributed by atoms with van der Waals surface area (Å²) >= 11 is 0. The first-order valence-corrected chi connectivity index (χ1v) is 4.85. The number of carboxylic acids is 2. The van der Waals surface area contributed by atoms with E-state index in [2.05, 4.69) is 10.1 Å². The molecule has 1 amide bonds. The number of ether oxygens (including phenoxy) is 1. The van der Waals surface area contributed by atoms with Crippen molar-refractivity contribution in [1.29, 1.82) is 0 Å². The molecule has 0 unspecified atom stereocenters. The summed E-state index contributed by atoms with van der Waals surface area (Å²) in [7, 11) is 0. The lowest BCUT2D eigenvalue weighted by molar-refractivity contribution is -0.140. The number of aliphatic carboxylic acids is 2. The van der Waals surface area contributed by atoms with Gasteiger partial charge in [-0.2, -0.15) is 0 Å². The Labute approximate surface area is 92.4 Å². The molecule has 0 aliphatic heterocycles. The van der Waals surface area contributed by atoms with E-state index in [1.165, 1.54) is 0 Å². The quantitative estimate of drug-likeness (QED) is 0.588. The van der Waals surface area contributed by atoms with E-state index < -0.39 is 24.1 Å². The number of amides is 1. The fraction of sp³-hybridized carbons (Fsp3) is 0.667. The molecule has 92 valence electrons. The minimum absolute atomic E-state index is 0.175. The maximum absolute atomic E-state index is 11.0. The van der Waals surface area contributed by atoms with Crippen LogP contribution in [0.15, 0.2) is 0 Å². The molecule has 0 saturated carbocycles. The molecule has 7 heteroatoms. The van der Waals surface area contributed by atoms with Crippen molar-refractivity contribution in [2.24, 2.45) is 0 Å². The van der Waals surface area contributed by atoms with Crippen molar-refractivity contribution >= 4 is 18.0 Å². The molecule has 0 aliphatic carbocycles. The van der Waals surface area contributed by atoms with Gasteiger partial charge in [0.15, 0.2) is 0 Å². The number of carboxylic acid groups (broad SMARTS) is 2. The summed E-state index contributed by atoms with van der Waals surface area (Å²) in [5.74, 6) is -2.40. The van der Waals surface area contributed by atoms with Crippen LogP contribution in [0.5, 0.6) is 0 Å². The molecule has 1 atom stereocenters. The summed E-state index contributed by atoms with van der Waals surface area (Å²) in [4.78, 5) is 31.9. The second kappa shape index (κ2) is 7.49. The van der Waals surface area contributed by atoms with E-state index in [9.17, 15) is 14.4 Å². The smallest absolute Gasteiger partial charge is 0.407 e. The molecular weight excluding hydrogens is 218 g/mol. The highest BCUT2D eigenvalue weighted by molar-refractivity contribution is 5.80. The Balaban J connectivity index is 4.07. The van der Waals surface area contributed by atoms with Crippen LogP contribution in [-0.2, 0) is 14.3 Å². The number of alkyl carbamates (subject to hydrolysis) is 1. The molecule has 0 aromatic carbocycles. The van der Waals surface area contributed by atoms with E-state index in [1.54, 1.807) is 6.92 Å². The SMILES string of the molecule is CCCOC(=O)N[C@@H](CCC(=O)O)C(=O)O. The zero-order chi connectivity index (χ0) is 12.6. The second-order valence-corrected chi connectivity index (χ2v) is 3.10. The monoisotopic (exact) mass is 233 g/mol. The standard InChI is InChI=1S/C9H15NO6/c1-2-5-16-9(15)10-6(8(13)14)3-4-7(11)12/h6H,2-5H2,1H3,(H,10,15)(H,11,12)(H,13,14)/t6-/m0/s1. The van der Waals surface area contributed by atoms with E-state index in [-0.39, 0.29) is 19.4 Å². The molecule has 0 saturated heterocycles. The number of rotatable bonds is 7. The predicted octanol–water partition coefficient (Wildman–Crippen LogP) is 0.441. The fourth-order valence-corrected chi connectivity index (χ4v) is 0.904. The Kier molecular flexibility index (Phi) is 6.66. The van der Waals surface area contributed by atoms with E-state index >= 15 is 0 Å². The van der Waals surface area contributed by atoms with Crippen LogP contribution in [0.3, 0.4) is 0 Å². The first-order valence-electron chi connectivity index (χ1n) is 4.85. The molecule has 0 heterocycles. The van der Waals surface area contributed by atoms with Gasteiger partial charge in [0.1, 0.15) is 6.04 Å². The van der Waals surface area contributed by atoms with Gasteiger partial charge in [-0.25, -0.2) is 9.59 Å². The minimum atomic E-state index is -1.28. The normalized spacial score (nSPS) is 11.6. The van der Waals surface area contributed by atoms with Crippen molar-refractivity contribution in [2.45, 2.75) is 32.2 Å². The molecule has 0 rings (SSSR count). The van der Waals surface area contributed by atoms with Gasteiger partial charge < -0.3 is 20.3 Å². The third-order valence-electron chi connectivity index (χ3n) is 1.67. The van der Waals surface area contributed by atoms with Crippen LogP contribution in [0.2, 0.25) is 0 Å². The fourth-order valence-electron chi connectivity index (χ4n) is 0.904. The van der Waals surface area contributed by atoms with Gasteiger partial charge in [0.2, 0.25) is 0 Å². The minimum Gasteiger partial charge on any atom is -0.481 e. The van der Waals surface area contributed by atoms with Gasteiger partial charge in [-0.15, -0.1) is 0 Å². The molecule has 0 fully saturated rings. The molecule has 0 spiro atoms. The highest BCUT2D eigenvalue weighted by atomic mass is 16.5. The van der Waals surface area contributed by atoms with Crippen molar-refractivity contribution < 1.29 is 29.3 Å². The summed E-state index contributed by atoms with van der Waals surface area (Å²) in [6.45, 7) is 1.99. The van der Waals surface area contributed by atoms with Crippen LogP contribution in [0.25, 0.3) is 0 Å². The van der Waals surface area contributed by atoms with Crippen LogP contribution in [0.4, 0.5) is 4.79 Å². The van der Waals surface area contributed by atoms with Crippen molar-refractivity contribution in [3.63, 3.8) is 0 Å². The number of nitrogens with one attached hydrogen (secondary N) is 1. The van der Waals surface area contributed by atoms with E-state index in [4.69, 9.17) is 10.2 Å². The lowest BCUT2D eigenvalue weighted by Gasteiger charge is -2.13. The number of carbonyl (C=O) groups excluding carboxylic acids is 1. The average Bonchev–Trinajstić information content (AvgIpc) is 2.20. The Morgan fingerprint density at radius 2 is 1.94 bits per heavy atom. The summed E-state index contributed by atoms with van der Waals surface area (Å²) in [6.07, 6.45) is -0.725. The van der Waals surface area contributed by atoms with Crippen LogP contribution < -0.4 is 5.32 Å². The van der Waals surface area contributed by atoms with Crippen molar-refractivity contribution in [1.82, 2.24) is 5.32 Å². The summed E-state index contributed by atoms with van der Waals surface area (Å²) < 4.78 is 4.62. The zero-order valence-corrected chi connectivity index (χ0v) is 8.93. The second-order valence-electron chi connectivity index (χ2n) is 3.10. The average molecular weight is 233 g/mol. The summed E-state index contributed by atoms with van der Waals surface area (Å²) in [5, 5.41) is 19.2. The van der Waals surface area contributed by atoms with Gasteiger partial charge in [0, 0.05) is 6.42 Å². The Morgan fingerprint density at radius 3 is 2.38 bits per heavy atom. The van der Waals surface area contributed by atoms with Gasteiger partial charge in [0.25, 0.3) is 0 Å².